The molecule has 10 nitrogen and oxygen atoms in total. The van der Waals surface area contributed by atoms with Crippen LogP contribution in [0.15, 0.2) is 67.1 Å². The van der Waals surface area contributed by atoms with Gasteiger partial charge in [-0.2, -0.15) is 5.10 Å². The number of nitrogens with one attached hydrogen (secondary N) is 1. The van der Waals surface area contributed by atoms with Crippen molar-refractivity contribution in [2.24, 2.45) is 0 Å². The van der Waals surface area contributed by atoms with Crippen LogP contribution in [0.25, 0.3) is 34.1 Å². The van der Waals surface area contributed by atoms with Gasteiger partial charge in [-0.1, -0.05) is 6.07 Å². The molecule has 5 heterocycles. The number of amides is 1. The van der Waals surface area contributed by atoms with Gasteiger partial charge in [0.15, 0.2) is 23.0 Å². The number of halogens is 1. The average Bonchev–Trinajstić information content (AvgIpc) is 3.39. The van der Waals surface area contributed by atoms with Crippen LogP contribution in [0.5, 0.6) is 0 Å². The number of imidazole rings is 1. The molecular formula is C32H32FN9O. The summed E-state index contributed by atoms with van der Waals surface area (Å²) in [6, 6.07) is 16.6. The monoisotopic (exact) mass is 577 g/mol. The number of anilines is 1. The first-order chi connectivity index (χ1) is 21.0. The molecule has 2 aliphatic carbocycles. The van der Waals surface area contributed by atoms with E-state index >= 15 is 0 Å². The van der Waals surface area contributed by atoms with E-state index in [1.807, 2.05) is 36.5 Å². The lowest BCUT2D eigenvalue weighted by Gasteiger charge is -2.34. The summed E-state index contributed by atoms with van der Waals surface area (Å²) in [7, 11) is 0. The van der Waals surface area contributed by atoms with Crippen LogP contribution >= 0.6 is 0 Å². The Labute approximate surface area is 247 Å². The molecule has 2 fully saturated rings. The van der Waals surface area contributed by atoms with E-state index in [0.29, 0.717) is 55.1 Å². The Kier molecular flexibility index (Phi) is 6.04. The molecule has 4 aromatic heterocycles. The lowest BCUT2D eigenvalue weighted by atomic mass is 10.0. The van der Waals surface area contributed by atoms with Gasteiger partial charge in [-0.05, 0) is 92.1 Å². The molecule has 0 radical (unpaired) electrons. The largest absolute Gasteiger partial charge is 0.383 e. The molecule has 0 bridgehead atoms. The normalized spacial score (nSPS) is 19.6. The van der Waals surface area contributed by atoms with Gasteiger partial charge in [0.05, 0.1) is 5.56 Å². The maximum absolute atomic E-state index is 14.3. The maximum atomic E-state index is 14.3. The topological polar surface area (TPSA) is 120 Å². The number of hydrogen-bond acceptors (Lipinski definition) is 7. The Hall–Kier alpha value is -4.64. The number of piperidine rings is 1. The molecule has 218 valence electrons. The molecule has 8 rings (SSSR count). The Morgan fingerprint density at radius 3 is 2.65 bits per heavy atom. The first-order valence-electron chi connectivity index (χ1n) is 14.9. The van der Waals surface area contributed by atoms with E-state index in [0.717, 1.165) is 42.5 Å². The number of rotatable bonds is 6. The van der Waals surface area contributed by atoms with E-state index in [9.17, 15) is 9.18 Å². The molecule has 1 aliphatic heterocycles. The highest BCUT2D eigenvalue weighted by Gasteiger charge is 2.53. The van der Waals surface area contributed by atoms with Crippen LogP contribution in [0.2, 0.25) is 0 Å². The zero-order chi connectivity index (χ0) is 29.1. The highest BCUT2D eigenvalue weighted by atomic mass is 19.1. The molecule has 1 saturated carbocycles. The van der Waals surface area contributed by atoms with Crippen molar-refractivity contribution >= 4 is 22.9 Å². The van der Waals surface area contributed by atoms with Crippen LogP contribution < -0.4 is 11.1 Å². The lowest BCUT2D eigenvalue weighted by molar-refractivity contribution is -0.139. The van der Waals surface area contributed by atoms with E-state index in [1.54, 1.807) is 22.0 Å². The van der Waals surface area contributed by atoms with Crippen molar-refractivity contribution in [3.8, 4) is 22.9 Å². The third kappa shape index (κ3) is 4.55. The van der Waals surface area contributed by atoms with Crippen LogP contribution in [-0.2, 0) is 11.2 Å². The highest BCUT2D eigenvalue weighted by molar-refractivity contribution is 5.88. The van der Waals surface area contributed by atoms with Crippen molar-refractivity contribution in [3.63, 3.8) is 0 Å². The van der Waals surface area contributed by atoms with Crippen molar-refractivity contribution in [1.29, 1.82) is 0 Å². The third-order valence-electron chi connectivity index (χ3n) is 9.06. The highest BCUT2D eigenvalue weighted by Crippen LogP contribution is 2.42. The summed E-state index contributed by atoms with van der Waals surface area (Å²) < 4.78 is 18.1. The van der Waals surface area contributed by atoms with Crippen molar-refractivity contribution in [3.05, 3.63) is 78.2 Å². The number of carbonyl (C=O) groups is 1. The number of alkyl halides is 1. The number of aryl methyl sites for hydroxylation is 1. The standard InChI is InChI=1S/C32H32FN9O/c33-32(12-13-32)31(43)40-17-10-21(11-18-40)37-25-7-4-20-19-22(5-6-23(20)25)42-29(24-3-1-14-35-28(24)34)38-26-8-9-27(39-30(26)42)41-16-2-15-36-41/h1-3,5-6,8-9,14-16,19,21,25,37H,4,7,10-13,17-18H2,(H2,34,35). The molecule has 3 N–H and O–H groups in total. The van der Waals surface area contributed by atoms with Gasteiger partial charge in [-0.3, -0.25) is 9.36 Å². The first kappa shape index (κ1) is 26.0. The number of nitrogens with zero attached hydrogens (tertiary/aromatic N) is 7. The summed E-state index contributed by atoms with van der Waals surface area (Å²) >= 11 is 0. The fraction of sp³-hybridized carbons (Fsp3) is 0.344. The van der Waals surface area contributed by atoms with Crippen molar-refractivity contribution in [2.75, 3.05) is 18.8 Å². The zero-order valence-electron chi connectivity index (χ0n) is 23.7. The fourth-order valence-electron chi connectivity index (χ4n) is 6.57. The summed E-state index contributed by atoms with van der Waals surface area (Å²) in [5.74, 6) is 1.47. The van der Waals surface area contributed by atoms with Crippen LogP contribution in [0, 0.1) is 0 Å². The number of nitrogens with two attached hydrogens (primary N) is 1. The number of benzene rings is 1. The van der Waals surface area contributed by atoms with Gasteiger partial charge in [0, 0.05) is 49.5 Å². The van der Waals surface area contributed by atoms with Crippen LogP contribution in [0.3, 0.4) is 0 Å². The molecule has 3 aliphatic rings. The average molecular weight is 578 g/mol. The number of hydrogen-bond donors (Lipinski definition) is 2. The third-order valence-corrected chi connectivity index (χ3v) is 9.06. The van der Waals surface area contributed by atoms with Crippen molar-refractivity contribution < 1.29 is 9.18 Å². The molecule has 1 unspecified atom stereocenters. The maximum Gasteiger partial charge on any atom is 0.260 e. The van der Waals surface area contributed by atoms with Crippen LogP contribution in [0.1, 0.15) is 49.3 Å². The molecule has 1 saturated heterocycles. The van der Waals surface area contributed by atoms with E-state index in [2.05, 4.69) is 38.2 Å². The van der Waals surface area contributed by atoms with Gasteiger partial charge in [0.1, 0.15) is 11.3 Å². The quantitative estimate of drug-likeness (QED) is 0.308. The van der Waals surface area contributed by atoms with Gasteiger partial charge in [0.25, 0.3) is 5.91 Å². The number of pyridine rings is 2. The van der Waals surface area contributed by atoms with Gasteiger partial charge in [0.2, 0.25) is 0 Å². The number of fused-ring (bicyclic) bond motifs is 2. The van der Waals surface area contributed by atoms with E-state index < -0.39 is 5.67 Å². The number of carbonyl (C=O) groups excluding carboxylic acids is 1. The Morgan fingerprint density at radius 2 is 1.88 bits per heavy atom. The molecule has 1 atom stereocenters. The molecule has 43 heavy (non-hydrogen) atoms. The molecule has 0 spiro atoms. The van der Waals surface area contributed by atoms with E-state index in [-0.39, 0.29) is 11.9 Å². The van der Waals surface area contributed by atoms with Crippen LogP contribution in [-0.4, -0.2) is 64.9 Å². The van der Waals surface area contributed by atoms with E-state index in [1.165, 1.54) is 11.1 Å². The van der Waals surface area contributed by atoms with Crippen molar-refractivity contribution in [2.45, 2.75) is 56.3 Å². The van der Waals surface area contributed by atoms with Gasteiger partial charge >= 0.3 is 0 Å². The minimum absolute atomic E-state index is 0.241. The van der Waals surface area contributed by atoms with Crippen LogP contribution in [0.4, 0.5) is 10.2 Å². The Morgan fingerprint density at radius 1 is 1.02 bits per heavy atom. The summed E-state index contributed by atoms with van der Waals surface area (Å²) in [6.45, 7) is 1.23. The molecule has 11 heteroatoms. The molecule has 1 aromatic carbocycles. The van der Waals surface area contributed by atoms with E-state index in [4.69, 9.17) is 15.7 Å². The summed E-state index contributed by atoms with van der Waals surface area (Å²) in [5.41, 5.74) is 10.5. The lowest BCUT2D eigenvalue weighted by Crippen LogP contribution is -2.48. The Balaban J connectivity index is 1.10. The zero-order valence-corrected chi connectivity index (χ0v) is 23.7. The Bertz CT molecular complexity index is 1840. The fourth-order valence-corrected chi connectivity index (χ4v) is 6.57. The predicted octanol–water partition coefficient (Wildman–Crippen LogP) is 4.32. The first-order valence-corrected chi connectivity index (χ1v) is 14.9. The second-order valence-corrected chi connectivity index (χ2v) is 11.8. The second-order valence-electron chi connectivity index (χ2n) is 11.8. The molecule has 5 aromatic rings. The summed E-state index contributed by atoms with van der Waals surface area (Å²) in [4.78, 5) is 28.4. The molecular weight excluding hydrogens is 545 g/mol. The SMILES string of the molecule is Nc1ncccc1-c1nc2ccc(-n3cccn3)nc2n1-c1ccc2c(c1)CCC2NC1CCN(C(=O)C2(F)CC2)CC1. The predicted molar refractivity (Wildman–Crippen MR) is 161 cm³/mol. The minimum atomic E-state index is -1.58. The van der Waals surface area contributed by atoms with Gasteiger partial charge < -0.3 is 16.0 Å². The van der Waals surface area contributed by atoms with Crippen molar-refractivity contribution in [1.82, 2.24) is 39.5 Å². The summed E-state index contributed by atoms with van der Waals surface area (Å²) in [5, 5.41) is 8.20. The second kappa shape index (κ2) is 9.98. The molecule has 1 amide bonds. The number of nitrogen functional groups attached to an aromatic ring is 1. The minimum Gasteiger partial charge on any atom is -0.383 e. The smallest absolute Gasteiger partial charge is 0.260 e. The number of likely N-dealkylation sites (tertiary alicyclic amines) is 1. The van der Waals surface area contributed by atoms with Gasteiger partial charge in [-0.15, -0.1) is 0 Å². The number of aromatic nitrogens is 6. The summed E-state index contributed by atoms with van der Waals surface area (Å²) in [6.07, 6.45) is 9.65. The van der Waals surface area contributed by atoms with Gasteiger partial charge in [-0.25, -0.2) is 24.0 Å².